The number of carbonyl (C=O) groups is 1. The highest BCUT2D eigenvalue weighted by molar-refractivity contribution is 5.66. The van der Waals surface area contributed by atoms with Gasteiger partial charge in [-0.25, -0.2) is 4.79 Å². The van der Waals surface area contributed by atoms with Gasteiger partial charge in [-0.15, -0.1) is 0 Å². The molecule has 0 saturated carbocycles. The molecule has 1 aromatic carbocycles. The molecular weight excluding hydrogens is 274 g/mol. The highest BCUT2D eigenvalue weighted by Gasteiger charge is 2.36. The molecule has 0 radical (unpaired) electrons. The Kier molecular flexibility index (Phi) is 4.82. The van der Waals surface area contributed by atoms with Crippen LogP contribution in [0.15, 0.2) is 36.4 Å². The van der Waals surface area contributed by atoms with Gasteiger partial charge in [-0.3, -0.25) is 5.21 Å². The van der Waals surface area contributed by atoms with Gasteiger partial charge in [0.2, 0.25) is 0 Å². The third-order valence-electron chi connectivity index (χ3n) is 3.68. The maximum absolute atomic E-state index is 11.4. The SMILES string of the molecule is COC(=O)N(O)C1CC=CC1C(O)c1ccc(OC)cc1. The molecule has 1 aliphatic rings. The van der Waals surface area contributed by atoms with Crippen LogP contribution in [0.4, 0.5) is 4.79 Å². The first-order valence-corrected chi connectivity index (χ1v) is 6.63. The molecule has 0 spiro atoms. The van der Waals surface area contributed by atoms with Crippen molar-refractivity contribution in [3.8, 4) is 5.75 Å². The van der Waals surface area contributed by atoms with Gasteiger partial charge in [0.1, 0.15) is 5.75 Å². The lowest BCUT2D eigenvalue weighted by atomic mass is 9.91. The number of aliphatic hydroxyl groups excluding tert-OH is 1. The Morgan fingerprint density at radius 3 is 2.57 bits per heavy atom. The predicted molar refractivity (Wildman–Crippen MR) is 75.0 cm³/mol. The van der Waals surface area contributed by atoms with Gasteiger partial charge in [0.25, 0.3) is 0 Å². The molecule has 6 nitrogen and oxygen atoms in total. The fourth-order valence-corrected chi connectivity index (χ4v) is 2.49. The molecule has 1 amide bonds. The van der Waals surface area contributed by atoms with E-state index in [1.54, 1.807) is 37.5 Å². The van der Waals surface area contributed by atoms with Crippen LogP contribution in [0.2, 0.25) is 0 Å². The Labute approximate surface area is 123 Å². The minimum Gasteiger partial charge on any atom is -0.497 e. The summed E-state index contributed by atoms with van der Waals surface area (Å²) in [6.07, 6.45) is 2.42. The quantitative estimate of drug-likeness (QED) is 0.505. The second kappa shape index (κ2) is 6.60. The lowest BCUT2D eigenvalue weighted by Gasteiger charge is -2.29. The number of hydroxylamine groups is 2. The zero-order chi connectivity index (χ0) is 15.4. The first kappa shape index (κ1) is 15.3. The van der Waals surface area contributed by atoms with Gasteiger partial charge in [0.05, 0.1) is 26.4 Å². The van der Waals surface area contributed by atoms with Crippen molar-refractivity contribution in [2.45, 2.75) is 18.6 Å². The zero-order valence-corrected chi connectivity index (χ0v) is 12.0. The smallest absolute Gasteiger partial charge is 0.433 e. The number of hydrogen-bond acceptors (Lipinski definition) is 5. The summed E-state index contributed by atoms with van der Waals surface area (Å²) in [6.45, 7) is 0. The molecule has 3 unspecified atom stereocenters. The van der Waals surface area contributed by atoms with E-state index in [1.807, 2.05) is 6.08 Å². The molecule has 0 heterocycles. The number of hydrogen-bond donors (Lipinski definition) is 2. The summed E-state index contributed by atoms with van der Waals surface area (Å²) in [4.78, 5) is 11.4. The zero-order valence-electron chi connectivity index (χ0n) is 12.0. The van der Waals surface area contributed by atoms with Crippen molar-refractivity contribution in [1.29, 1.82) is 0 Å². The van der Waals surface area contributed by atoms with E-state index < -0.39 is 24.2 Å². The predicted octanol–water partition coefficient (Wildman–Crippen LogP) is 2.13. The van der Waals surface area contributed by atoms with Gasteiger partial charge < -0.3 is 14.6 Å². The molecule has 0 aromatic heterocycles. The number of methoxy groups -OCH3 is 2. The Hall–Kier alpha value is -2.05. The summed E-state index contributed by atoms with van der Waals surface area (Å²) in [5.74, 6) is 0.297. The summed E-state index contributed by atoms with van der Waals surface area (Å²) < 4.78 is 9.57. The normalized spacial score (nSPS) is 21.9. The van der Waals surface area contributed by atoms with E-state index in [1.165, 1.54) is 7.11 Å². The maximum Gasteiger partial charge on any atom is 0.433 e. The minimum atomic E-state index is -0.837. The second-order valence-corrected chi connectivity index (χ2v) is 4.84. The second-order valence-electron chi connectivity index (χ2n) is 4.84. The lowest BCUT2D eigenvalue weighted by Crippen LogP contribution is -2.41. The van der Waals surface area contributed by atoms with Crippen LogP contribution in [0.1, 0.15) is 18.1 Å². The fraction of sp³-hybridized carbons (Fsp3) is 0.400. The fourth-order valence-electron chi connectivity index (χ4n) is 2.49. The minimum absolute atomic E-state index is 0.400. The van der Waals surface area contributed by atoms with Crippen LogP contribution in [0.3, 0.4) is 0 Å². The molecule has 0 bridgehead atoms. The molecule has 21 heavy (non-hydrogen) atoms. The van der Waals surface area contributed by atoms with Crippen LogP contribution in [0.25, 0.3) is 0 Å². The van der Waals surface area contributed by atoms with Crippen LogP contribution in [0, 0.1) is 5.92 Å². The van der Waals surface area contributed by atoms with Crippen molar-refractivity contribution in [3.05, 3.63) is 42.0 Å². The van der Waals surface area contributed by atoms with Crippen molar-refractivity contribution in [2.24, 2.45) is 5.92 Å². The van der Waals surface area contributed by atoms with Crippen LogP contribution in [-0.4, -0.2) is 41.7 Å². The van der Waals surface area contributed by atoms with E-state index in [0.29, 0.717) is 22.8 Å². The Morgan fingerprint density at radius 2 is 2.00 bits per heavy atom. The van der Waals surface area contributed by atoms with Crippen molar-refractivity contribution < 1.29 is 24.6 Å². The van der Waals surface area contributed by atoms with E-state index in [-0.39, 0.29) is 0 Å². The third-order valence-corrected chi connectivity index (χ3v) is 3.68. The molecule has 0 fully saturated rings. The third kappa shape index (κ3) is 3.17. The Bertz CT molecular complexity index is 513. The summed E-state index contributed by atoms with van der Waals surface area (Å²) in [5.41, 5.74) is 0.690. The molecule has 2 N–H and O–H groups in total. The van der Waals surface area contributed by atoms with Gasteiger partial charge in [-0.1, -0.05) is 24.3 Å². The molecular formula is C15H19NO5. The van der Waals surface area contributed by atoms with Crippen LogP contribution < -0.4 is 4.74 Å². The first-order chi connectivity index (χ1) is 10.1. The average Bonchev–Trinajstić information content (AvgIpc) is 3.02. The average molecular weight is 293 g/mol. The van der Waals surface area contributed by atoms with Gasteiger partial charge >= 0.3 is 6.09 Å². The van der Waals surface area contributed by atoms with Crippen LogP contribution in [-0.2, 0) is 4.74 Å². The van der Waals surface area contributed by atoms with E-state index in [0.717, 1.165) is 0 Å². The van der Waals surface area contributed by atoms with Crippen molar-refractivity contribution in [2.75, 3.05) is 14.2 Å². The monoisotopic (exact) mass is 293 g/mol. The summed E-state index contributed by atoms with van der Waals surface area (Å²) >= 11 is 0. The molecule has 0 saturated heterocycles. The molecule has 6 heteroatoms. The highest BCUT2D eigenvalue weighted by atomic mass is 16.6. The number of amides is 1. The highest BCUT2D eigenvalue weighted by Crippen LogP contribution is 2.34. The maximum atomic E-state index is 11.4. The number of carbonyl (C=O) groups excluding carboxylic acids is 1. The van der Waals surface area contributed by atoms with Crippen molar-refractivity contribution in [3.63, 3.8) is 0 Å². The topological polar surface area (TPSA) is 79.2 Å². The van der Waals surface area contributed by atoms with Crippen molar-refractivity contribution >= 4 is 6.09 Å². The molecule has 3 atom stereocenters. The van der Waals surface area contributed by atoms with E-state index in [4.69, 9.17) is 4.74 Å². The first-order valence-electron chi connectivity index (χ1n) is 6.63. The standard InChI is InChI=1S/C15H19NO5/c1-20-11-8-6-10(7-9-11)14(17)12-4-3-5-13(12)16(19)15(18)21-2/h3-4,6-9,12-14,17,19H,5H2,1-2H3. The van der Waals surface area contributed by atoms with Crippen LogP contribution >= 0.6 is 0 Å². The van der Waals surface area contributed by atoms with Crippen molar-refractivity contribution in [1.82, 2.24) is 5.06 Å². The Balaban J connectivity index is 2.14. The van der Waals surface area contributed by atoms with Gasteiger partial charge in [0, 0.05) is 5.92 Å². The molecule has 2 rings (SSSR count). The van der Waals surface area contributed by atoms with E-state index >= 15 is 0 Å². The molecule has 1 aromatic rings. The summed E-state index contributed by atoms with van der Waals surface area (Å²) in [7, 11) is 2.77. The summed E-state index contributed by atoms with van der Waals surface area (Å²) in [5, 5.41) is 20.9. The Morgan fingerprint density at radius 1 is 1.33 bits per heavy atom. The molecule has 1 aliphatic carbocycles. The van der Waals surface area contributed by atoms with Gasteiger partial charge in [0.15, 0.2) is 0 Å². The number of rotatable bonds is 4. The largest absolute Gasteiger partial charge is 0.497 e. The van der Waals surface area contributed by atoms with Crippen LogP contribution in [0.5, 0.6) is 5.75 Å². The summed E-state index contributed by atoms with van der Waals surface area (Å²) in [6, 6.07) is 6.47. The van der Waals surface area contributed by atoms with Gasteiger partial charge in [-0.2, -0.15) is 5.06 Å². The lowest BCUT2D eigenvalue weighted by molar-refractivity contribution is -0.117. The van der Waals surface area contributed by atoms with E-state index in [9.17, 15) is 15.1 Å². The number of aliphatic hydroxyl groups is 1. The van der Waals surface area contributed by atoms with Gasteiger partial charge in [-0.05, 0) is 24.1 Å². The van der Waals surface area contributed by atoms with E-state index in [2.05, 4.69) is 4.74 Å². The number of nitrogens with zero attached hydrogens (tertiary/aromatic N) is 1. The number of benzene rings is 1. The molecule has 0 aliphatic heterocycles. The number of ether oxygens (including phenoxy) is 2. The molecule has 114 valence electrons.